The molecule has 128 valence electrons. The lowest BCUT2D eigenvalue weighted by molar-refractivity contribution is -0.313. The number of ether oxygens (including phenoxy) is 1. The van der Waals surface area contributed by atoms with Gasteiger partial charge in [0.1, 0.15) is 5.00 Å². The first-order chi connectivity index (χ1) is 11.5. The van der Waals surface area contributed by atoms with Gasteiger partial charge in [-0.2, -0.15) is 0 Å². The van der Waals surface area contributed by atoms with Crippen LogP contribution < -0.4 is 10.4 Å². The van der Waals surface area contributed by atoms with Gasteiger partial charge in [0.25, 0.3) is 0 Å². The topological polar surface area (TPSA) is 95.5 Å². The van der Waals surface area contributed by atoms with Crippen LogP contribution in [0.25, 0.3) is 0 Å². The Balaban J connectivity index is 1.86. The molecular formula is C17H18NO5S-. The van der Waals surface area contributed by atoms with Crippen LogP contribution in [-0.2, 0) is 27.2 Å². The number of esters is 1. The van der Waals surface area contributed by atoms with Gasteiger partial charge in [-0.05, 0) is 37.7 Å². The lowest BCUT2D eigenvalue weighted by Gasteiger charge is -2.28. The number of amides is 1. The van der Waals surface area contributed by atoms with Crippen LogP contribution >= 0.6 is 11.3 Å². The molecule has 1 heterocycles. The smallest absolute Gasteiger partial charge is 0.341 e. The largest absolute Gasteiger partial charge is 0.550 e. The molecule has 0 spiro atoms. The van der Waals surface area contributed by atoms with Crippen LogP contribution in [0.4, 0.5) is 5.00 Å². The molecule has 0 aromatic carbocycles. The highest BCUT2D eigenvalue weighted by molar-refractivity contribution is 7.17. The summed E-state index contributed by atoms with van der Waals surface area (Å²) < 4.78 is 4.85. The molecule has 0 bridgehead atoms. The third-order valence-electron chi connectivity index (χ3n) is 4.62. The number of methoxy groups -OCH3 is 1. The van der Waals surface area contributed by atoms with Gasteiger partial charge in [-0.1, -0.05) is 12.2 Å². The molecule has 3 rings (SSSR count). The molecule has 24 heavy (non-hydrogen) atoms. The maximum Gasteiger partial charge on any atom is 0.341 e. The zero-order chi connectivity index (χ0) is 17.3. The molecule has 0 fully saturated rings. The van der Waals surface area contributed by atoms with E-state index < -0.39 is 29.7 Å². The summed E-state index contributed by atoms with van der Waals surface area (Å²) in [6, 6.07) is 0. The molecule has 1 N–H and O–H groups in total. The molecule has 2 aliphatic rings. The van der Waals surface area contributed by atoms with E-state index in [9.17, 15) is 19.5 Å². The quantitative estimate of drug-likeness (QED) is 0.653. The number of allylic oxidation sites excluding steroid dienone is 2. The minimum Gasteiger partial charge on any atom is -0.550 e. The van der Waals surface area contributed by atoms with Crippen molar-refractivity contribution in [3.8, 4) is 0 Å². The molecule has 0 radical (unpaired) electrons. The number of fused-ring (bicyclic) bond motifs is 1. The summed E-state index contributed by atoms with van der Waals surface area (Å²) in [6.07, 6.45) is 6.85. The van der Waals surface area contributed by atoms with Gasteiger partial charge in [0.15, 0.2) is 0 Å². The van der Waals surface area contributed by atoms with Crippen LogP contribution in [0.1, 0.15) is 40.1 Å². The van der Waals surface area contributed by atoms with Gasteiger partial charge in [0, 0.05) is 16.8 Å². The Morgan fingerprint density at radius 3 is 2.58 bits per heavy atom. The number of carboxylic acids is 1. The van der Waals surface area contributed by atoms with Crippen molar-refractivity contribution in [3.63, 3.8) is 0 Å². The lowest BCUT2D eigenvalue weighted by Crippen LogP contribution is -2.41. The van der Waals surface area contributed by atoms with E-state index in [1.165, 1.54) is 18.4 Å². The number of carbonyl (C=O) groups excluding carboxylic acids is 3. The summed E-state index contributed by atoms with van der Waals surface area (Å²) in [6.45, 7) is 0. The van der Waals surface area contributed by atoms with Gasteiger partial charge in [-0.3, -0.25) is 4.79 Å². The molecule has 2 aliphatic carbocycles. The number of hydrogen-bond donors (Lipinski definition) is 1. The molecular weight excluding hydrogens is 330 g/mol. The molecule has 0 unspecified atom stereocenters. The number of rotatable bonds is 4. The molecule has 1 amide bonds. The average molecular weight is 348 g/mol. The molecule has 1 aromatic rings. The number of carbonyl (C=O) groups is 3. The third-order valence-corrected chi connectivity index (χ3v) is 5.83. The second kappa shape index (κ2) is 6.76. The summed E-state index contributed by atoms with van der Waals surface area (Å²) >= 11 is 1.38. The standard InChI is InChI=1S/C17H19NO5S/c1-23-17(22)13-11-7-4-8-12(11)24-15(13)18-14(19)9-5-2-3-6-10(9)16(20)21/h2-3,9-10H,4-8H2,1H3,(H,18,19)(H,20,21)/p-1/t9-,10+/m0/s1. The normalized spacial score (nSPS) is 22.0. The van der Waals surface area contributed by atoms with Gasteiger partial charge in [-0.15, -0.1) is 11.3 Å². The number of thiophene rings is 1. The second-order valence-electron chi connectivity index (χ2n) is 6.02. The minimum atomic E-state index is -1.22. The second-order valence-corrected chi connectivity index (χ2v) is 7.12. The van der Waals surface area contributed by atoms with Crippen LogP contribution in [-0.4, -0.2) is 25.0 Å². The summed E-state index contributed by atoms with van der Waals surface area (Å²) in [5.41, 5.74) is 1.36. The first-order valence-corrected chi connectivity index (χ1v) is 8.74. The van der Waals surface area contributed by atoms with Gasteiger partial charge < -0.3 is 20.0 Å². The fourth-order valence-corrected chi connectivity index (χ4v) is 4.66. The number of hydrogen-bond acceptors (Lipinski definition) is 6. The van der Waals surface area contributed by atoms with Gasteiger partial charge >= 0.3 is 5.97 Å². The summed E-state index contributed by atoms with van der Waals surface area (Å²) in [7, 11) is 1.31. The van der Waals surface area contributed by atoms with Crippen molar-refractivity contribution >= 4 is 34.2 Å². The number of aliphatic carboxylic acids is 1. The molecule has 0 saturated heterocycles. The SMILES string of the molecule is COC(=O)c1c(NC(=O)[C@H]2CC=CC[C@H]2C(=O)[O-])sc2c1CCC2. The fraction of sp³-hybridized carbons (Fsp3) is 0.471. The molecule has 0 saturated carbocycles. The zero-order valence-corrected chi connectivity index (χ0v) is 14.1. The Hall–Kier alpha value is -2.15. The fourth-order valence-electron chi connectivity index (χ4n) is 3.38. The predicted molar refractivity (Wildman–Crippen MR) is 86.7 cm³/mol. The molecule has 1 aromatic heterocycles. The zero-order valence-electron chi connectivity index (χ0n) is 13.3. The minimum absolute atomic E-state index is 0.283. The monoisotopic (exact) mass is 348 g/mol. The van der Waals surface area contributed by atoms with E-state index >= 15 is 0 Å². The summed E-state index contributed by atoms with van der Waals surface area (Å²) in [5.74, 6) is -3.62. The molecule has 7 heteroatoms. The van der Waals surface area contributed by atoms with E-state index in [2.05, 4.69) is 5.32 Å². The number of aryl methyl sites for hydroxylation is 1. The van der Waals surface area contributed by atoms with E-state index in [-0.39, 0.29) is 6.42 Å². The van der Waals surface area contributed by atoms with Crippen LogP contribution in [0.2, 0.25) is 0 Å². The van der Waals surface area contributed by atoms with E-state index in [0.29, 0.717) is 17.0 Å². The highest BCUT2D eigenvalue weighted by Crippen LogP contribution is 2.40. The first kappa shape index (κ1) is 16.7. The van der Waals surface area contributed by atoms with Gasteiger partial charge in [-0.25, -0.2) is 4.79 Å². The van der Waals surface area contributed by atoms with Crippen molar-refractivity contribution in [2.75, 3.05) is 12.4 Å². The van der Waals surface area contributed by atoms with Crippen molar-refractivity contribution in [2.24, 2.45) is 11.8 Å². The van der Waals surface area contributed by atoms with Crippen LogP contribution in [0, 0.1) is 11.8 Å². The van der Waals surface area contributed by atoms with Gasteiger partial charge in [0.05, 0.1) is 18.6 Å². The predicted octanol–water partition coefficient (Wildman–Crippen LogP) is 1.29. The van der Waals surface area contributed by atoms with Gasteiger partial charge in [0.2, 0.25) is 5.91 Å². The third kappa shape index (κ3) is 2.96. The van der Waals surface area contributed by atoms with Crippen molar-refractivity contribution < 1.29 is 24.2 Å². The van der Waals surface area contributed by atoms with Crippen LogP contribution in [0.15, 0.2) is 12.2 Å². The Kier molecular flexibility index (Phi) is 4.71. The molecule has 6 nitrogen and oxygen atoms in total. The Morgan fingerprint density at radius 2 is 1.92 bits per heavy atom. The maximum absolute atomic E-state index is 12.6. The van der Waals surface area contributed by atoms with Crippen LogP contribution in [0.5, 0.6) is 0 Å². The molecule has 2 atom stereocenters. The number of anilines is 1. The highest BCUT2D eigenvalue weighted by Gasteiger charge is 2.33. The Bertz CT molecular complexity index is 721. The van der Waals surface area contributed by atoms with E-state index in [4.69, 9.17) is 4.74 Å². The van der Waals surface area contributed by atoms with Crippen molar-refractivity contribution in [2.45, 2.75) is 32.1 Å². The van der Waals surface area contributed by atoms with E-state index in [1.807, 2.05) is 0 Å². The lowest BCUT2D eigenvalue weighted by atomic mass is 9.82. The maximum atomic E-state index is 12.6. The number of carboxylic acid groups (broad SMARTS) is 1. The highest BCUT2D eigenvalue weighted by atomic mass is 32.1. The van der Waals surface area contributed by atoms with Crippen molar-refractivity contribution in [3.05, 3.63) is 28.2 Å². The Morgan fingerprint density at radius 1 is 1.21 bits per heavy atom. The van der Waals surface area contributed by atoms with Crippen molar-refractivity contribution in [1.82, 2.24) is 0 Å². The Labute approximate surface area is 143 Å². The first-order valence-electron chi connectivity index (χ1n) is 7.92. The van der Waals surface area contributed by atoms with E-state index in [1.54, 1.807) is 12.2 Å². The van der Waals surface area contributed by atoms with Crippen LogP contribution in [0.3, 0.4) is 0 Å². The summed E-state index contributed by atoms with van der Waals surface area (Å²) in [4.78, 5) is 37.0. The van der Waals surface area contributed by atoms with E-state index in [0.717, 1.165) is 29.7 Å². The average Bonchev–Trinajstić information content (AvgIpc) is 3.14. The number of nitrogens with one attached hydrogen (secondary N) is 1. The molecule has 0 aliphatic heterocycles. The summed E-state index contributed by atoms with van der Waals surface area (Å²) in [5, 5.41) is 14.5. The van der Waals surface area contributed by atoms with Crippen molar-refractivity contribution in [1.29, 1.82) is 0 Å².